The summed E-state index contributed by atoms with van der Waals surface area (Å²) in [6, 6.07) is 12.1. The molecule has 0 amide bonds. The molecule has 1 aromatic heterocycles. The van der Waals surface area contributed by atoms with E-state index in [2.05, 4.69) is 35.1 Å². The molecule has 1 aromatic carbocycles. The quantitative estimate of drug-likeness (QED) is 0.819. The summed E-state index contributed by atoms with van der Waals surface area (Å²) in [4.78, 5) is 0. The Kier molecular flexibility index (Phi) is 4.42. The average Bonchev–Trinajstić information content (AvgIpc) is 2.85. The lowest BCUT2D eigenvalue weighted by atomic mass is 10.2. The third-order valence-corrected chi connectivity index (χ3v) is 3.00. The van der Waals surface area contributed by atoms with E-state index in [1.807, 2.05) is 24.3 Å². The first-order chi connectivity index (χ1) is 8.83. The van der Waals surface area contributed by atoms with Crippen molar-refractivity contribution in [3.05, 3.63) is 53.9 Å². The molecule has 96 valence electrons. The molecule has 0 saturated heterocycles. The smallest absolute Gasteiger partial charge is 0.0681 e. The van der Waals surface area contributed by atoms with Crippen molar-refractivity contribution in [3.8, 4) is 0 Å². The summed E-state index contributed by atoms with van der Waals surface area (Å²) in [5.74, 6) is 0. The van der Waals surface area contributed by atoms with E-state index >= 15 is 0 Å². The predicted molar refractivity (Wildman–Crippen MR) is 74.4 cm³/mol. The monoisotopic (exact) mass is 244 g/mol. The van der Waals surface area contributed by atoms with Crippen LogP contribution in [-0.2, 0) is 19.7 Å². The largest absolute Gasteiger partial charge is 0.392 e. The van der Waals surface area contributed by atoms with E-state index in [0.717, 1.165) is 30.8 Å². The molecule has 0 aliphatic rings. The van der Waals surface area contributed by atoms with Crippen LogP contribution in [0.3, 0.4) is 0 Å². The number of hydrogen-bond donors (Lipinski definition) is 2. The van der Waals surface area contributed by atoms with E-state index in [0.29, 0.717) is 0 Å². The highest BCUT2D eigenvalue weighted by atomic mass is 16.3. The van der Waals surface area contributed by atoms with Gasteiger partial charge in [-0.2, -0.15) is 0 Å². The highest BCUT2D eigenvalue weighted by Gasteiger charge is 2.00. The van der Waals surface area contributed by atoms with Gasteiger partial charge in [0, 0.05) is 24.1 Å². The van der Waals surface area contributed by atoms with E-state index in [-0.39, 0.29) is 6.61 Å². The summed E-state index contributed by atoms with van der Waals surface area (Å²) < 4.78 is 2.27. The van der Waals surface area contributed by atoms with Gasteiger partial charge in [-0.05, 0) is 36.2 Å². The van der Waals surface area contributed by atoms with Gasteiger partial charge >= 0.3 is 0 Å². The van der Waals surface area contributed by atoms with Gasteiger partial charge in [-0.15, -0.1) is 0 Å². The Balaban J connectivity index is 1.95. The standard InChI is InChI=1S/C15H20N2O/c1-2-9-17-10-3-4-15(17)11-16-14-7-5-13(12-18)6-8-14/h3-8,10,16,18H,2,9,11-12H2,1H3. The van der Waals surface area contributed by atoms with E-state index in [4.69, 9.17) is 5.11 Å². The number of aliphatic hydroxyl groups excluding tert-OH is 1. The molecule has 1 heterocycles. The number of aryl methyl sites for hydroxylation is 1. The lowest BCUT2D eigenvalue weighted by molar-refractivity contribution is 0.282. The van der Waals surface area contributed by atoms with E-state index < -0.39 is 0 Å². The van der Waals surface area contributed by atoms with Gasteiger partial charge in [0.15, 0.2) is 0 Å². The summed E-state index contributed by atoms with van der Waals surface area (Å²) in [5, 5.41) is 12.4. The Morgan fingerprint density at radius 3 is 2.61 bits per heavy atom. The SMILES string of the molecule is CCCn1cccc1CNc1ccc(CO)cc1. The van der Waals surface area contributed by atoms with Crippen LogP contribution in [0.5, 0.6) is 0 Å². The molecule has 0 aliphatic carbocycles. The van der Waals surface area contributed by atoms with Crippen LogP contribution in [0, 0.1) is 0 Å². The zero-order valence-corrected chi connectivity index (χ0v) is 10.8. The van der Waals surface area contributed by atoms with Crippen LogP contribution >= 0.6 is 0 Å². The third kappa shape index (κ3) is 3.14. The Bertz CT molecular complexity index is 473. The Labute approximate surface area is 108 Å². The minimum absolute atomic E-state index is 0.0969. The topological polar surface area (TPSA) is 37.2 Å². The fourth-order valence-electron chi connectivity index (χ4n) is 1.99. The molecule has 18 heavy (non-hydrogen) atoms. The number of aliphatic hydroxyl groups is 1. The zero-order valence-electron chi connectivity index (χ0n) is 10.8. The average molecular weight is 244 g/mol. The maximum absolute atomic E-state index is 8.98. The molecule has 2 aromatic rings. The summed E-state index contributed by atoms with van der Waals surface area (Å²) in [7, 11) is 0. The predicted octanol–water partition coefficient (Wildman–Crippen LogP) is 3.00. The van der Waals surface area contributed by atoms with E-state index in [1.54, 1.807) is 0 Å². The molecule has 3 nitrogen and oxygen atoms in total. The van der Waals surface area contributed by atoms with Crippen molar-refractivity contribution in [2.24, 2.45) is 0 Å². The second-order valence-corrected chi connectivity index (χ2v) is 4.40. The maximum Gasteiger partial charge on any atom is 0.0681 e. The number of aromatic nitrogens is 1. The molecule has 0 fully saturated rings. The van der Waals surface area contributed by atoms with Crippen LogP contribution < -0.4 is 5.32 Å². The minimum atomic E-state index is 0.0969. The fourth-order valence-corrected chi connectivity index (χ4v) is 1.99. The molecule has 0 spiro atoms. The summed E-state index contributed by atoms with van der Waals surface area (Å²) in [6.07, 6.45) is 3.27. The highest BCUT2D eigenvalue weighted by Crippen LogP contribution is 2.12. The first-order valence-electron chi connectivity index (χ1n) is 6.41. The Hall–Kier alpha value is -1.74. The van der Waals surface area contributed by atoms with Crippen molar-refractivity contribution in [3.63, 3.8) is 0 Å². The van der Waals surface area contributed by atoms with Crippen molar-refractivity contribution in [2.45, 2.75) is 33.0 Å². The van der Waals surface area contributed by atoms with Crippen molar-refractivity contribution < 1.29 is 5.11 Å². The van der Waals surface area contributed by atoms with Gasteiger partial charge < -0.3 is 15.0 Å². The minimum Gasteiger partial charge on any atom is -0.392 e. The van der Waals surface area contributed by atoms with Crippen LogP contribution in [0.4, 0.5) is 5.69 Å². The summed E-state index contributed by atoms with van der Waals surface area (Å²) in [5.41, 5.74) is 3.31. The normalized spacial score (nSPS) is 10.6. The van der Waals surface area contributed by atoms with Crippen LogP contribution in [-0.4, -0.2) is 9.67 Å². The molecular weight excluding hydrogens is 224 g/mol. The first kappa shape index (κ1) is 12.7. The number of anilines is 1. The summed E-state index contributed by atoms with van der Waals surface area (Å²) >= 11 is 0. The molecule has 2 N–H and O–H groups in total. The van der Waals surface area contributed by atoms with Crippen LogP contribution in [0.2, 0.25) is 0 Å². The summed E-state index contributed by atoms with van der Waals surface area (Å²) in [6.45, 7) is 4.17. The highest BCUT2D eigenvalue weighted by molar-refractivity contribution is 5.44. The molecule has 0 bridgehead atoms. The van der Waals surface area contributed by atoms with Crippen LogP contribution in [0.1, 0.15) is 24.6 Å². The molecule has 0 unspecified atom stereocenters. The van der Waals surface area contributed by atoms with Gasteiger partial charge in [0.2, 0.25) is 0 Å². The number of benzene rings is 1. The van der Waals surface area contributed by atoms with Crippen molar-refractivity contribution in [1.82, 2.24) is 4.57 Å². The van der Waals surface area contributed by atoms with Gasteiger partial charge in [0.05, 0.1) is 13.2 Å². The fraction of sp³-hybridized carbons (Fsp3) is 0.333. The van der Waals surface area contributed by atoms with E-state index in [9.17, 15) is 0 Å². The third-order valence-electron chi connectivity index (χ3n) is 3.00. The van der Waals surface area contributed by atoms with Gasteiger partial charge in [-0.25, -0.2) is 0 Å². The van der Waals surface area contributed by atoms with Crippen LogP contribution in [0.15, 0.2) is 42.6 Å². The molecule has 0 atom stereocenters. The number of hydrogen-bond acceptors (Lipinski definition) is 2. The van der Waals surface area contributed by atoms with Gasteiger partial charge in [0.1, 0.15) is 0 Å². The molecule has 0 saturated carbocycles. The molecule has 0 aliphatic heterocycles. The lowest BCUT2D eigenvalue weighted by Gasteiger charge is -2.10. The second-order valence-electron chi connectivity index (χ2n) is 4.40. The number of nitrogens with one attached hydrogen (secondary N) is 1. The van der Waals surface area contributed by atoms with Crippen molar-refractivity contribution >= 4 is 5.69 Å². The van der Waals surface area contributed by atoms with Gasteiger partial charge in [-0.3, -0.25) is 0 Å². The van der Waals surface area contributed by atoms with Gasteiger partial charge in [-0.1, -0.05) is 19.1 Å². The second kappa shape index (κ2) is 6.26. The number of nitrogens with zero attached hydrogens (tertiary/aromatic N) is 1. The molecule has 2 rings (SSSR count). The molecular formula is C15H20N2O. The van der Waals surface area contributed by atoms with Gasteiger partial charge in [0.25, 0.3) is 0 Å². The van der Waals surface area contributed by atoms with Crippen LogP contribution in [0.25, 0.3) is 0 Å². The lowest BCUT2D eigenvalue weighted by Crippen LogP contribution is -2.06. The van der Waals surface area contributed by atoms with Crippen molar-refractivity contribution in [2.75, 3.05) is 5.32 Å². The Morgan fingerprint density at radius 1 is 1.17 bits per heavy atom. The zero-order chi connectivity index (χ0) is 12.8. The van der Waals surface area contributed by atoms with Crippen molar-refractivity contribution in [1.29, 1.82) is 0 Å². The molecule has 3 heteroatoms. The first-order valence-corrected chi connectivity index (χ1v) is 6.41. The maximum atomic E-state index is 8.98. The molecule has 0 radical (unpaired) electrons. The van der Waals surface area contributed by atoms with E-state index in [1.165, 1.54) is 5.69 Å². The Morgan fingerprint density at radius 2 is 1.94 bits per heavy atom. The number of rotatable bonds is 6.